The van der Waals surface area contributed by atoms with Crippen molar-refractivity contribution in [2.75, 3.05) is 19.6 Å². The molecule has 112 valence electrons. The maximum Gasteiger partial charge on any atom is 0.328 e. The topological polar surface area (TPSA) is 67.9 Å². The van der Waals surface area contributed by atoms with Crippen molar-refractivity contribution in [2.24, 2.45) is 16.6 Å². The van der Waals surface area contributed by atoms with Gasteiger partial charge in [0.05, 0.1) is 0 Å². The Morgan fingerprint density at radius 3 is 2.63 bits per heavy atom. The summed E-state index contributed by atoms with van der Waals surface area (Å²) in [5.41, 5.74) is 5.42. The number of hydrogen-bond acceptors (Lipinski definition) is 3. The number of nitrogens with two attached hydrogens (primary N) is 1. The lowest BCUT2D eigenvalue weighted by atomic mass is 10.0. The van der Waals surface area contributed by atoms with Gasteiger partial charge in [-0.1, -0.05) is 6.92 Å². The summed E-state index contributed by atoms with van der Waals surface area (Å²) in [5, 5.41) is 0. The molecule has 0 saturated carbocycles. The molecule has 6 heteroatoms. The molecule has 1 fully saturated rings. The predicted molar refractivity (Wildman–Crippen MR) is 87.7 cm³/mol. The van der Waals surface area contributed by atoms with Crippen LogP contribution in [0.1, 0.15) is 40.5 Å². The number of piperidine rings is 1. The summed E-state index contributed by atoms with van der Waals surface area (Å²) in [5.74, 6) is 0.747. The lowest BCUT2D eigenvalue weighted by Gasteiger charge is -2.31. The van der Waals surface area contributed by atoms with E-state index >= 15 is 0 Å². The van der Waals surface area contributed by atoms with Gasteiger partial charge in [-0.25, -0.2) is 4.99 Å². The molecule has 0 aromatic heterocycles. The standard InChI is InChI=1S/C13H25N3O2.HI/c1-10-6-5-7-16(9-10)12(14)15-8-11(17)18-13(2,3)4;/h10H,5-9H2,1-4H3,(H2,14,15);1H. The van der Waals surface area contributed by atoms with Crippen LogP contribution in [0.5, 0.6) is 0 Å². The number of ether oxygens (including phenoxy) is 1. The fourth-order valence-electron chi connectivity index (χ4n) is 2.02. The Kier molecular flexibility index (Phi) is 7.69. The normalized spacial score (nSPS) is 20.7. The van der Waals surface area contributed by atoms with Crippen LogP contribution in [-0.4, -0.2) is 42.1 Å². The van der Waals surface area contributed by atoms with Gasteiger partial charge in [0.1, 0.15) is 12.1 Å². The van der Waals surface area contributed by atoms with Crippen LogP contribution in [0, 0.1) is 5.92 Å². The molecule has 1 saturated heterocycles. The minimum absolute atomic E-state index is 0. The first-order chi connectivity index (χ1) is 8.28. The van der Waals surface area contributed by atoms with Crippen LogP contribution in [0.4, 0.5) is 0 Å². The average molecular weight is 383 g/mol. The van der Waals surface area contributed by atoms with Crippen LogP contribution in [0.15, 0.2) is 4.99 Å². The summed E-state index contributed by atoms with van der Waals surface area (Å²) in [6.07, 6.45) is 2.36. The molecule has 0 aliphatic carbocycles. The Bertz CT molecular complexity index is 326. The molecule has 1 unspecified atom stereocenters. The minimum Gasteiger partial charge on any atom is -0.459 e. The van der Waals surface area contributed by atoms with E-state index < -0.39 is 5.60 Å². The fraction of sp³-hybridized carbons (Fsp3) is 0.846. The molecule has 2 N–H and O–H groups in total. The molecule has 19 heavy (non-hydrogen) atoms. The van der Waals surface area contributed by atoms with Gasteiger partial charge >= 0.3 is 5.97 Å². The Hall–Kier alpha value is -0.530. The molecule has 0 aromatic rings. The van der Waals surface area contributed by atoms with Gasteiger partial charge in [0, 0.05) is 13.1 Å². The Balaban J connectivity index is 0.00000324. The quantitative estimate of drug-likeness (QED) is 0.343. The highest BCUT2D eigenvalue weighted by atomic mass is 127. The highest BCUT2D eigenvalue weighted by Crippen LogP contribution is 2.14. The van der Waals surface area contributed by atoms with Crippen LogP contribution in [-0.2, 0) is 9.53 Å². The number of likely N-dealkylation sites (tertiary alicyclic amines) is 1. The lowest BCUT2D eigenvalue weighted by molar-refractivity contribution is -0.152. The van der Waals surface area contributed by atoms with E-state index in [9.17, 15) is 4.79 Å². The van der Waals surface area contributed by atoms with Crippen LogP contribution in [0.2, 0.25) is 0 Å². The van der Waals surface area contributed by atoms with Crippen molar-refractivity contribution in [1.29, 1.82) is 0 Å². The zero-order valence-electron chi connectivity index (χ0n) is 12.3. The maximum absolute atomic E-state index is 11.5. The van der Waals surface area contributed by atoms with E-state index in [0.717, 1.165) is 19.5 Å². The van der Waals surface area contributed by atoms with Gasteiger partial charge in [-0.2, -0.15) is 0 Å². The zero-order chi connectivity index (χ0) is 13.8. The summed E-state index contributed by atoms with van der Waals surface area (Å²) in [7, 11) is 0. The van der Waals surface area contributed by atoms with Crippen LogP contribution in [0.25, 0.3) is 0 Å². The highest BCUT2D eigenvalue weighted by molar-refractivity contribution is 14.0. The second-order valence-electron chi connectivity index (χ2n) is 5.95. The molecule has 1 rings (SSSR count). The first kappa shape index (κ1) is 18.5. The number of halogens is 1. The minimum atomic E-state index is -0.471. The number of guanidine groups is 1. The molecule has 1 heterocycles. The number of carbonyl (C=O) groups excluding carboxylic acids is 1. The van der Waals surface area contributed by atoms with Crippen molar-refractivity contribution < 1.29 is 9.53 Å². The van der Waals surface area contributed by atoms with Crippen molar-refractivity contribution in [2.45, 2.75) is 46.1 Å². The van der Waals surface area contributed by atoms with Crippen LogP contribution >= 0.6 is 24.0 Å². The molecule has 1 aliphatic heterocycles. The molecule has 1 aliphatic rings. The van der Waals surface area contributed by atoms with E-state index in [1.807, 2.05) is 25.7 Å². The third kappa shape index (κ3) is 7.59. The molecule has 0 bridgehead atoms. The van der Waals surface area contributed by atoms with Crippen LogP contribution < -0.4 is 5.73 Å². The first-order valence-electron chi connectivity index (χ1n) is 6.54. The van der Waals surface area contributed by atoms with Crippen molar-refractivity contribution >= 4 is 35.9 Å². The molecule has 0 spiro atoms. The Morgan fingerprint density at radius 1 is 1.47 bits per heavy atom. The van der Waals surface area contributed by atoms with E-state index in [-0.39, 0.29) is 36.5 Å². The zero-order valence-corrected chi connectivity index (χ0v) is 14.6. The average Bonchev–Trinajstić information content (AvgIpc) is 2.23. The van der Waals surface area contributed by atoms with Crippen molar-refractivity contribution in [3.8, 4) is 0 Å². The maximum atomic E-state index is 11.5. The third-order valence-electron chi connectivity index (χ3n) is 2.77. The monoisotopic (exact) mass is 383 g/mol. The van der Waals surface area contributed by atoms with E-state index in [1.54, 1.807) is 0 Å². The number of nitrogens with zero attached hydrogens (tertiary/aromatic N) is 2. The number of carbonyl (C=O) groups is 1. The molecule has 0 radical (unpaired) electrons. The van der Waals surface area contributed by atoms with E-state index in [0.29, 0.717) is 11.9 Å². The van der Waals surface area contributed by atoms with E-state index in [1.165, 1.54) is 6.42 Å². The Labute approximate surface area is 133 Å². The second-order valence-corrected chi connectivity index (χ2v) is 5.95. The largest absolute Gasteiger partial charge is 0.459 e. The Morgan fingerprint density at radius 2 is 2.11 bits per heavy atom. The van der Waals surface area contributed by atoms with Gasteiger partial charge in [-0.3, -0.25) is 4.79 Å². The summed E-state index contributed by atoms with van der Waals surface area (Å²) < 4.78 is 5.18. The molecule has 0 aromatic carbocycles. The number of aliphatic imine (C=N–C) groups is 1. The van der Waals surface area contributed by atoms with Gasteiger partial charge in [0.2, 0.25) is 0 Å². The van der Waals surface area contributed by atoms with E-state index in [2.05, 4.69) is 11.9 Å². The summed E-state index contributed by atoms with van der Waals surface area (Å²) in [6, 6.07) is 0. The molecule has 0 amide bonds. The highest BCUT2D eigenvalue weighted by Gasteiger charge is 2.19. The number of rotatable bonds is 2. The third-order valence-corrected chi connectivity index (χ3v) is 2.77. The predicted octanol–water partition coefficient (Wildman–Crippen LogP) is 1.99. The fourth-order valence-corrected chi connectivity index (χ4v) is 2.02. The van der Waals surface area contributed by atoms with Crippen LogP contribution in [0.3, 0.4) is 0 Å². The van der Waals surface area contributed by atoms with Gasteiger partial charge in [-0.15, -0.1) is 24.0 Å². The summed E-state index contributed by atoms with van der Waals surface area (Å²) >= 11 is 0. The van der Waals surface area contributed by atoms with Crippen molar-refractivity contribution in [3.05, 3.63) is 0 Å². The van der Waals surface area contributed by atoms with Gasteiger partial charge < -0.3 is 15.4 Å². The lowest BCUT2D eigenvalue weighted by Crippen LogP contribution is -2.43. The van der Waals surface area contributed by atoms with Gasteiger partial charge in [0.15, 0.2) is 5.96 Å². The van der Waals surface area contributed by atoms with Gasteiger partial charge in [-0.05, 0) is 39.5 Å². The summed E-state index contributed by atoms with van der Waals surface area (Å²) in [4.78, 5) is 17.7. The molecular weight excluding hydrogens is 357 g/mol. The smallest absolute Gasteiger partial charge is 0.328 e. The SMILES string of the molecule is CC1CCCN(C(N)=NCC(=O)OC(C)(C)C)C1.I. The second kappa shape index (κ2) is 7.91. The number of hydrogen-bond donors (Lipinski definition) is 1. The summed E-state index contributed by atoms with van der Waals surface area (Å²) in [6.45, 7) is 9.55. The first-order valence-corrected chi connectivity index (χ1v) is 6.54. The molecule has 1 atom stereocenters. The molecule has 5 nitrogen and oxygen atoms in total. The number of esters is 1. The molecular formula is C13H26IN3O2. The van der Waals surface area contributed by atoms with E-state index in [4.69, 9.17) is 10.5 Å². The van der Waals surface area contributed by atoms with Crippen molar-refractivity contribution in [3.63, 3.8) is 0 Å². The van der Waals surface area contributed by atoms with Crippen molar-refractivity contribution in [1.82, 2.24) is 4.90 Å². The van der Waals surface area contributed by atoms with Gasteiger partial charge in [0.25, 0.3) is 0 Å².